The Morgan fingerprint density at radius 2 is 2.45 bits per heavy atom. The predicted molar refractivity (Wildman–Crippen MR) is 44.0 cm³/mol. The third-order valence-electron chi connectivity index (χ3n) is 1.14. The van der Waals surface area contributed by atoms with Crippen molar-refractivity contribution in [1.29, 1.82) is 0 Å². The van der Waals surface area contributed by atoms with Crippen LogP contribution in [-0.2, 0) is 10.1 Å². The van der Waals surface area contributed by atoms with E-state index >= 15 is 0 Å². The summed E-state index contributed by atoms with van der Waals surface area (Å²) in [6.45, 7) is 0. The van der Waals surface area contributed by atoms with Gasteiger partial charge in [-0.2, -0.15) is 8.42 Å². The predicted octanol–water partition coefficient (Wildman–Crippen LogP) is -0.178. The molecule has 1 unspecified atom stereocenters. The molecule has 1 rings (SSSR count). The van der Waals surface area contributed by atoms with Crippen molar-refractivity contribution in [2.24, 2.45) is 4.99 Å². The highest BCUT2D eigenvalue weighted by atomic mass is 32.3. The summed E-state index contributed by atoms with van der Waals surface area (Å²) in [4.78, 5) is 5.16. The minimum Gasteiger partial charge on any atom is -0.339 e. The van der Waals surface area contributed by atoms with Crippen molar-refractivity contribution in [2.45, 2.75) is 4.71 Å². The second-order valence-electron chi connectivity index (χ2n) is 2.08. The van der Waals surface area contributed by atoms with E-state index in [9.17, 15) is 8.42 Å². The van der Waals surface area contributed by atoms with Gasteiger partial charge in [0.15, 0.2) is 0 Å². The van der Waals surface area contributed by atoms with Gasteiger partial charge in [-0.05, 0) is 0 Å². The largest absolute Gasteiger partial charge is 0.339 e. The van der Waals surface area contributed by atoms with Gasteiger partial charge in [-0.15, -0.1) is 0 Å². The van der Waals surface area contributed by atoms with Gasteiger partial charge in [-0.3, -0.25) is 9.55 Å². The van der Waals surface area contributed by atoms with Crippen molar-refractivity contribution in [1.82, 2.24) is 4.90 Å². The molecule has 7 heteroatoms. The molecule has 0 amide bonds. The van der Waals surface area contributed by atoms with Crippen LogP contribution in [-0.4, -0.2) is 41.8 Å². The highest BCUT2D eigenvalue weighted by Gasteiger charge is 2.28. The molecule has 0 aromatic heterocycles. The van der Waals surface area contributed by atoms with E-state index in [1.165, 1.54) is 11.2 Å². The van der Waals surface area contributed by atoms with Crippen LogP contribution in [0.25, 0.3) is 0 Å². The van der Waals surface area contributed by atoms with Gasteiger partial charge in [-0.25, -0.2) is 0 Å². The van der Waals surface area contributed by atoms with Crippen LogP contribution in [0.2, 0.25) is 0 Å². The molecule has 1 aliphatic rings. The molecule has 1 atom stereocenters. The van der Waals surface area contributed by atoms with Crippen molar-refractivity contribution in [3.63, 3.8) is 0 Å². The maximum Gasteiger partial charge on any atom is 0.296 e. The highest BCUT2D eigenvalue weighted by Crippen LogP contribution is 2.21. The van der Waals surface area contributed by atoms with E-state index in [0.29, 0.717) is 5.88 Å². The highest BCUT2D eigenvalue weighted by molar-refractivity contribution is 8.11. The number of hydrogen-bond acceptors (Lipinski definition) is 5. The molecule has 0 saturated carbocycles. The van der Waals surface area contributed by atoms with E-state index in [0.717, 1.165) is 11.8 Å². The fourth-order valence-corrected chi connectivity index (χ4v) is 2.65. The average molecular weight is 196 g/mol. The minimum atomic E-state index is -3.98. The zero-order chi connectivity index (χ0) is 8.48. The summed E-state index contributed by atoms with van der Waals surface area (Å²) in [5.41, 5.74) is 0. The number of nitrogens with zero attached hydrogens (tertiary/aromatic N) is 2. The average Bonchev–Trinajstić information content (AvgIpc) is 1.86. The van der Waals surface area contributed by atoms with Crippen LogP contribution in [0.1, 0.15) is 0 Å². The van der Waals surface area contributed by atoms with E-state index in [4.69, 9.17) is 4.55 Å². The standard InChI is InChI=1S/C4H8N2O3S2/c1-6-2-5-3-10-4(6)11(7,8)9/h2,4H,3H2,1H3,(H,7,8,9). The topological polar surface area (TPSA) is 70.0 Å². The molecule has 0 aromatic carbocycles. The molecule has 0 aliphatic carbocycles. The van der Waals surface area contributed by atoms with Gasteiger partial charge < -0.3 is 4.90 Å². The fourth-order valence-electron chi connectivity index (χ4n) is 0.737. The molecule has 1 N–H and O–H groups in total. The molecule has 1 heterocycles. The van der Waals surface area contributed by atoms with Gasteiger partial charge in [0.2, 0.25) is 4.71 Å². The van der Waals surface area contributed by atoms with Gasteiger partial charge in [-0.1, -0.05) is 11.8 Å². The van der Waals surface area contributed by atoms with Crippen LogP contribution < -0.4 is 0 Å². The summed E-state index contributed by atoms with van der Waals surface area (Å²) in [7, 11) is -2.43. The Morgan fingerprint density at radius 3 is 2.82 bits per heavy atom. The zero-order valence-electron chi connectivity index (χ0n) is 5.84. The zero-order valence-corrected chi connectivity index (χ0v) is 7.47. The molecule has 0 fully saturated rings. The molecular formula is C4H8N2O3S2. The fraction of sp³-hybridized carbons (Fsp3) is 0.750. The lowest BCUT2D eigenvalue weighted by Gasteiger charge is -2.24. The second kappa shape index (κ2) is 3.00. The maximum absolute atomic E-state index is 10.6. The molecular weight excluding hydrogens is 188 g/mol. The second-order valence-corrected chi connectivity index (χ2v) is 4.89. The number of thioether (sulfide) groups is 1. The first-order valence-electron chi connectivity index (χ1n) is 2.81. The number of aliphatic imine (C=N–C) groups is 1. The van der Waals surface area contributed by atoms with E-state index in [2.05, 4.69) is 4.99 Å². The molecule has 1 aliphatic heterocycles. The molecule has 5 nitrogen and oxygen atoms in total. The summed E-state index contributed by atoms with van der Waals surface area (Å²) >= 11 is 1.07. The van der Waals surface area contributed by atoms with Crippen LogP contribution >= 0.6 is 11.8 Å². The quantitative estimate of drug-likeness (QED) is 0.589. The van der Waals surface area contributed by atoms with Crippen LogP contribution in [0, 0.1) is 0 Å². The van der Waals surface area contributed by atoms with E-state index in [1.807, 2.05) is 0 Å². The van der Waals surface area contributed by atoms with Gasteiger partial charge in [0, 0.05) is 7.05 Å². The van der Waals surface area contributed by atoms with Crippen molar-refractivity contribution < 1.29 is 13.0 Å². The van der Waals surface area contributed by atoms with Crippen LogP contribution in [0.5, 0.6) is 0 Å². The number of rotatable bonds is 1. The van der Waals surface area contributed by atoms with Crippen LogP contribution in [0.4, 0.5) is 0 Å². The van der Waals surface area contributed by atoms with Crippen LogP contribution in [0.3, 0.4) is 0 Å². The summed E-state index contributed by atoms with van der Waals surface area (Å²) in [6.07, 6.45) is 1.40. The smallest absolute Gasteiger partial charge is 0.296 e. The Kier molecular flexibility index (Phi) is 2.40. The Bertz CT molecular complexity index is 261. The molecule has 0 radical (unpaired) electrons. The van der Waals surface area contributed by atoms with E-state index in [-0.39, 0.29) is 0 Å². The first-order chi connectivity index (χ1) is 5.02. The monoisotopic (exact) mass is 196 g/mol. The summed E-state index contributed by atoms with van der Waals surface area (Å²) in [5.74, 6) is 0.370. The molecule has 0 aromatic rings. The minimum absolute atomic E-state index is 0.370. The third kappa shape index (κ3) is 2.08. The molecule has 0 spiro atoms. The summed E-state index contributed by atoms with van der Waals surface area (Å²) in [6, 6.07) is 0. The van der Waals surface area contributed by atoms with E-state index < -0.39 is 14.8 Å². The molecule has 0 bridgehead atoms. The van der Waals surface area contributed by atoms with Crippen LogP contribution in [0.15, 0.2) is 4.99 Å². The Labute approximate surface area is 69.2 Å². The summed E-state index contributed by atoms with van der Waals surface area (Å²) in [5, 5.41) is 0. The van der Waals surface area contributed by atoms with Gasteiger partial charge >= 0.3 is 0 Å². The first kappa shape index (κ1) is 8.82. The third-order valence-corrected chi connectivity index (χ3v) is 4.04. The molecule has 64 valence electrons. The Morgan fingerprint density at radius 1 is 1.82 bits per heavy atom. The van der Waals surface area contributed by atoms with Gasteiger partial charge in [0.05, 0.1) is 12.2 Å². The van der Waals surface area contributed by atoms with Crippen molar-refractivity contribution in [3.8, 4) is 0 Å². The van der Waals surface area contributed by atoms with Gasteiger partial charge in [0.25, 0.3) is 10.1 Å². The van der Waals surface area contributed by atoms with Gasteiger partial charge in [0.1, 0.15) is 0 Å². The lowest BCUT2D eigenvalue weighted by atomic mass is 10.9. The molecule has 11 heavy (non-hydrogen) atoms. The van der Waals surface area contributed by atoms with E-state index in [1.54, 1.807) is 7.05 Å². The normalized spacial score (nSPS) is 25.6. The Hall–Kier alpha value is -0.270. The maximum atomic E-state index is 10.6. The van der Waals surface area contributed by atoms with Crippen molar-refractivity contribution in [2.75, 3.05) is 12.9 Å². The molecule has 0 saturated heterocycles. The summed E-state index contributed by atoms with van der Waals surface area (Å²) < 4.78 is 29.0. The number of hydrogen-bond donors (Lipinski definition) is 1. The lowest BCUT2D eigenvalue weighted by molar-refractivity contribution is 0.443. The lowest BCUT2D eigenvalue weighted by Crippen LogP contribution is -2.36. The SMILES string of the molecule is CN1C=NCSC1S(=O)(=O)O. The first-order valence-corrected chi connectivity index (χ1v) is 5.37. The van der Waals surface area contributed by atoms with Crippen molar-refractivity contribution >= 4 is 28.2 Å². The van der Waals surface area contributed by atoms with Crippen molar-refractivity contribution in [3.05, 3.63) is 0 Å². The Balaban J connectivity index is 2.82.